The van der Waals surface area contributed by atoms with Crippen molar-refractivity contribution >= 4 is 11.9 Å². The lowest BCUT2D eigenvalue weighted by Crippen LogP contribution is -2.38. The van der Waals surface area contributed by atoms with Gasteiger partial charge in [0, 0.05) is 13.5 Å². The zero-order chi connectivity index (χ0) is 22.6. The lowest BCUT2D eigenvalue weighted by Gasteiger charge is -2.21. The Balaban J connectivity index is 1.58. The van der Waals surface area contributed by atoms with Crippen LogP contribution in [0.2, 0.25) is 0 Å². The Bertz CT molecular complexity index is 684. The molecule has 0 bridgehead atoms. The maximum Gasteiger partial charge on any atom is 0.320 e. The predicted molar refractivity (Wildman–Crippen MR) is 116 cm³/mol. The van der Waals surface area contributed by atoms with Gasteiger partial charge in [-0.05, 0) is 56.5 Å². The number of nitrogens with two attached hydrogens (primary N) is 1. The third kappa shape index (κ3) is 9.22. The van der Waals surface area contributed by atoms with Crippen molar-refractivity contribution in [3.05, 3.63) is 29.8 Å². The van der Waals surface area contributed by atoms with E-state index in [9.17, 15) is 14.7 Å². The number of β-amino-alcohol motifs (C(OH)–C–C–N with tert-alkyl or cyclic N) is 1. The van der Waals surface area contributed by atoms with Gasteiger partial charge in [-0.25, -0.2) is 0 Å². The topological polar surface area (TPSA) is 143 Å². The zero-order valence-corrected chi connectivity index (χ0v) is 18.1. The zero-order valence-electron chi connectivity index (χ0n) is 18.1. The van der Waals surface area contributed by atoms with Gasteiger partial charge >= 0.3 is 11.9 Å². The molecule has 174 valence electrons. The third-order valence-corrected chi connectivity index (χ3v) is 5.25. The normalized spacial score (nSPS) is 21.6. The number of benzene rings is 1. The number of carboxylic acid groups (broad SMARTS) is 1. The molecule has 9 nitrogen and oxygen atoms in total. The predicted octanol–water partition coefficient (Wildman–Crippen LogP) is 0.434. The van der Waals surface area contributed by atoms with E-state index in [1.807, 2.05) is 24.3 Å². The molecule has 0 radical (unpaired) electrons. The lowest BCUT2D eigenvalue weighted by molar-refractivity contribution is -0.151. The fourth-order valence-corrected chi connectivity index (χ4v) is 3.54. The number of aliphatic hydroxyl groups is 1. The highest BCUT2D eigenvalue weighted by Crippen LogP contribution is 2.19. The molecule has 9 heteroatoms. The maximum atomic E-state index is 11.2. The molecular formula is C22H35N3O6. The molecule has 0 unspecified atom stereocenters. The van der Waals surface area contributed by atoms with E-state index in [0.29, 0.717) is 26.0 Å². The number of carbonyl (C=O) groups excluding carboxylic acids is 1. The van der Waals surface area contributed by atoms with Crippen molar-refractivity contribution in [2.75, 3.05) is 26.2 Å². The Morgan fingerprint density at radius 1 is 1.23 bits per heavy atom. The molecule has 31 heavy (non-hydrogen) atoms. The second-order valence-corrected chi connectivity index (χ2v) is 7.90. The van der Waals surface area contributed by atoms with Crippen molar-refractivity contribution in [2.45, 2.75) is 63.3 Å². The summed E-state index contributed by atoms with van der Waals surface area (Å²) >= 11 is 0. The highest BCUT2D eigenvalue weighted by atomic mass is 16.6. The molecule has 0 saturated carbocycles. The highest BCUT2D eigenvalue weighted by Gasteiger charge is 2.37. The Morgan fingerprint density at radius 2 is 1.94 bits per heavy atom. The van der Waals surface area contributed by atoms with Gasteiger partial charge in [0.25, 0.3) is 0 Å². The van der Waals surface area contributed by atoms with Gasteiger partial charge in [0.15, 0.2) is 0 Å². The summed E-state index contributed by atoms with van der Waals surface area (Å²) in [6.45, 7) is 4.02. The summed E-state index contributed by atoms with van der Waals surface area (Å²) in [5.41, 5.74) is 6.53. The number of ether oxygens (including phenoxy) is 2. The van der Waals surface area contributed by atoms with Crippen molar-refractivity contribution < 1.29 is 29.3 Å². The first-order valence-corrected chi connectivity index (χ1v) is 10.9. The van der Waals surface area contributed by atoms with Gasteiger partial charge in [-0.3, -0.25) is 9.59 Å². The number of esters is 1. The molecule has 4 atom stereocenters. The Hall–Kier alpha value is -2.20. The van der Waals surface area contributed by atoms with Gasteiger partial charge in [-0.1, -0.05) is 18.6 Å². The lowest BCUT2D eigenvalue weighted by atomic mass is 10.0. The Morgan fingerprint density at radius 3 is 2.61 bits per heavy atom. The summed E-state index contributed by atoms with van der Waals surface area (Å²) in [4.78, 5) is 21.9. The van der Waals surface area contributed by atoms with Crippen LogP contribution in [0.1, 0.15) is 38.2 Å². The van der Waals surface area contributed by atoms with E-state index in [1.54, 1.807) is 0 Å². The van der Waals surface area contributed by atoms with Crippen LogP contribution in [-0.2, 0) is 20.7 Å². The van der Waals surface area contributed by atoms with E-state index in [2.05, 4.69) is 10.6 Å². The van der Waals surface area contributed by atoms with Gasteiger partial charge in [0.05, 0.1) is 12.6 Å². The van der Waals surface area contributed by atoms with E-state index in [4.69, 9.17) is 20.3 Å². The summed E-state index contributed by atoms with van der Waals surface area (Å²) in [7, 11) is 0. The Labute approximate surface area is 183 Å². The third-order valence-electron chi connectivity index (χ3n) is 5.25. The fourth-order valence-electron chi connectivity index (χ4n) is 3.54. The fraction of sp³-hybridized carbons (Fsp3) is 0.636. The molecule has 1 aliphatic heterocycles. The number of hydrogen-bond donors (Lipinski definition) is 5. The molecular weight excluding hydrogens is 402 g/mol. The van der Waals surface area contributed by atoms with E-state index >= 15 is 0 Å². The van der Waals surface area contributed by atoms with Crippen LogP contribution >= 0.6 is 0 Å². The van der Waals surface area contributed by atoms with Gasteiger partial charge in [-0.2, -0.15) is 0 Å². The second kappa shape index (κ2) is 13.3. The van der Waals surface area contributed by atoms with E-state index < -0.39 is 30.2 Å². The summed E-state index contributed by atoms with van der Waals surface area (Å²) < 4.78 is 11.0. The summed E-state index contributed by atoms with van der Waals surface area (Å²) in [6, 6.07) is 6.91. The average Bonchev–Trinajstić information content (AvgIpc) is 3.06. The van der Waals surface area contributed by atoms with Crippen LogP contribution in [0, 0.1) is 0 Å². The van der Waals surface area contributed by atoms with Crippen molar-refractivity contribution in [3.63, 3.8) is 0 Å². The van der Waals surface area contributed by atoms with Gasteiger partial charge in [0.2, 0.25) is 0 Å². The molecule has 1 saturated heterocycles. The van der Waals surface area contributed by atoms with Crippen LogP contribution in [0.15, 0.2) is 24.3 Å². The van der Waals surface area contributed by atoms with Crippen LogP contribution in [0.4, 0.5) is 0 Å². The minimum Gasteiger partial charge on any atom is -0.494 e. The molecule has 0 aliphatic carbocycles. The molecule has 0 spiro atoms. The van der Waals surface area contributed by atoms with Gasteiger partial charge in [-0.15, -0.1) is 0 Å². The average molecular weight is 438 g/mol. The number of nitrogens with one attached hydrogen (secondary N) is 2. The number of aliphatic hydroxyl groups excluding tert-OH is 1. The van der Waals surface area contributed by atoms with Crippen molar-refractivity contribution in [3.8, 4) is 5.75 Å². The molecule has 1 aromatic rings. The molecule has 2 rings (SSSR count). The smallest absolute Gasteiger partial charge is 0.320 e. The van der Waals surface area contributed by atoms with Crippen LogP contribution in [-0.4, -0.2) is 72.7 Å². The number of carboxylic acids is 1. The molecule has 0 amide bonds. The first-order chi connectivity index (χ1) is 14.9. The number of aliphatic carboxylic acids is 1. The highest BCUT2D eigenvalue weighted by molar-refractivity contribution is 5.72. The van der Waals surface area contributed by atoms with E-state index in [-0.39, 0.29) is 6.04 Å². The monoisotopic (exact) mass is 437 g/mol. The Kier molecular flexibility index (Phi) is 10.7. The number of carbonyl (C=O) groups is 2. The van der Waals surface area contributed by atoms with Crippen LogP contribution < -0.4 is 21.1 Å². The van der Waals surface area contributed by atoms with E-state index in [1.165, 1.54) is 6.92 Å². The van der Waals surface area contributed by atoms with Crippen LogP contribution in [0.25, 0.3) is 0 Å². The quantitative estimate of drug-likeness (QED) is 0.207. The van der Waals surface area contributed by atoms with Crippen molar-refractivity contribution in [1.82, 2.24) is 10.6 Å². The molecule has 6 N–H and O–H groups in total. The SMILES string of the molecule is CC(=O)O[C@@H]1[C@@H](O)CN[C@@H]1Cc1ccc(OCCCNCCCC[C@H](N)C(=O)O)cc1. The largest absolute Gasteiger partial charge is 0.494 e. The first-order valence-electron chi connectivity index (χ1n) is 10.9. The summed E-state index contributed by atoms with van der Waals surface area (Å²) in [5, 5.41) is 25.2. The first kappa shape index (κ1) is 25.1. The van der Waals surface area contributed by atoms with Crippen molar-refractivity contribution in [2.24, 2.45) is 5.73 Å². The van der Waals surface area contributed by atoms with E-state index in [0.717, 1.165) is 43.7 Å². The van der Waals surface area contributed by atoms with Crippen LogP contribution in [0.3, 0.4) is 0 Å². The van der Waals surface area contributed by atoms with Crippen molar-refractivity contribution in [1.29, 1.82) is 0 Å². The number of unbranched alkanes of at least 4 members (excludes halogenated alkanes) is 1. The van der Waals surface area contributed by atoms with Crippen LogP contribution in [0.5, 0.6) is 5.75 Å². The summed E-state index contributed by atoms with van der Waals surface area (Å²) in [6.07, 6.45) is 2.48. The molecule has 1 aromatic carbocycles. The summed E-state index contributed by atoms with van der Waals surface area (Å²) in [5.74, 6) is -0.543. The maximum absolute atomic E-state index is 11.2. The number of hydrogen-bond acceptors (Lipinski definition) is 8. The van der Waals surface area contributed by atoms with Gasteiger partial charge in [0.1, 0.15) is 24.0 Å². The standard InChI is InChI=1S/C22H35N3O6/c1-15(26)31-21-19(25-14-20(21)27)13-16-6-8-17(9-7-16)30-12-4-11-24-10-3-2-5-18(23)22(28)29/h6-9,18-21,24-25,27H,2-5,10-14,23H2,1H3,(H,28,29)/t18-,19+,20-,21-/m0/s1. The minimum atomic E-state index is -0.946. The van der Waals surface area contributed by atoms with Gasteiger partial charge < -0.3 is 36.1 Å². The number of rotatable bonds is 14. The molecule has 1 heterocycles. The molecule has 1 fully saturated rings. The minimum absolute atomic E-state index is 0.114. The molecule has 0 aromatic heterocycles. The molecule has 1 aliphatic rings. The second-order valence-electron chi connectivity index (χ2n) is 7.90.